The highest BCUT2D eigenvalue weighted by atomic mass is 17.2. The number of anilines is 3. The maximum Gasteiger partial charge on any atom is 0.148 e. The predicted molar refractivity (Wildman–Crippen MR) is 69.6 cm³/mol. The van der Waals surface area contributed by atoms with Crippen LogP contribution in [-0.4, -0.2) is 27.5 Å². The van der Waals surface area contributed by atoms with E-state index in [0.29, 0.717) is 17.1 Å². The molecule has 8 heteroatoms. The minimum Gasteiger partial charge on any atom is -0.337 e. The molecule has 20 heavy (non-hydrogen) atoms. The monoisotopic (exact) mass is 278 g/mol. The SMILES string of the molecule is COOCc1ccc(Nc2cnccn2)c(N(O)O)c1. The Balaban J connectivity index is 2.23. The molecule has 8 nitrogen and oxygen atoms in total. The van der Waals surface area contributed by atoms with Gasteiger partial charge in [0.1, 0.15) is 18.1 Å². The molecule has 0 amide bonds. The Morgan fingerprint density at radius 2 is 2.15 bits per heavy atom. The third-order valence-corrected chi connectivity index (χ3v) is 2.45. The van der Waals surface area contributed by atoms with Crippen molar-refractivity contribution < 1.29 is 20.2 Å². The summed E-state index contributed by atoms with van der Waals surface area (Å²) < 4.78 is 0. The van der Waals surface area contributed by atoms with Crippen molar-refractivity contribution in [3.05, 3.63) is 42.4 Å². The van der Waals surface area contributed by atoms with Gasteiger partial charge in [-0.3, -0.25) is 15.4 Å². The lowest BCUT2D eigenvalue weighted by atomic mass is 10.2. The first kappa shape index (κ1) is 14.2. The van der Waals surface area contributed by atoms with Crippen LogP contribution < -0.4 is 10.5 Å². The Morgan fingerprint density at radius 3 is 2.80 bits per heavy atom. The van der Waals surface area contributed by atoms with Crippen molar-refractivity contribution in [3.8, 4) is 0 Å². The molecule has 1 aromatic carbocycles. The lowest BCUT2D eigenvalue weighted by molar-refractivity contribution is -0.282. The molecule has 0 aliphatic rings. The van der Waals surface area contributed by atoms with E-state index >= 15 is 0 Å². The van der Waals surface area contributed by atoms with Crippen LogP contribution in [0.1, 0.15) is 5.56 Å². The molecule has 0 saturated carbocycles. The molecule has 0 fully saturated rings. The van der Waals surface area contributed by atoms with Crippen molar-refractivity contribution in [1.82, 2.24) is 9.97 Å². The van der Waals surface area contributed by atoms with E-state index in [-0.39, 0.29) is 17.5 Å². The van der Waals surface area contributed by atoms with Crippen LogP contribution in [0, 0.1) is 0 Å². The first-order valence-corrected chi connectivity index (χ1v) is 5.70. The minimum atomic E-state index is 0.0228. The molecule has 1 heterocycles. The molecule has 0 saturated heterocycles. The third-order valence-electron chi connectivity index (χ3n) is 2.45. The highest BCUT2D eigenvalue weighted by Gasteiger charge is 2.10. The zero-order valence-electron chi connectivity index (χ0n) is 10.7. The third kappa shape index (κ3) is 3.62. The van der Waals surface area contributed by atoms with Gasteiger partial charge in [-0.15, -0.1) is 5.23 Å². The van der Waals surface area contributed by atoms with Crippen LogP contribution in [0.15, 0.2) is 36.8 Å². The zero-order valence-corrected chi connectivity index (χ0v) is 10.7. The van der Waals surface area contributed by atoms with Gasteiger partial charge in [0.05, 0.1) is 19.0 Å². The van der Waals surface area contributed by atoms with Gasteiger partial charge in [0.25, 0.3) is 0 Å². The van der Waals surface area contributed by atoms with Crippen LogP contribution >= 0.6 is 0 Å². The largest absolute Gasteiger partial charge is 0.337 e. The van der Waals surface area contributed by atoms with Crippen molar-refractivity contribution in [2.45, 2.75) is 6.61 Å². The van der Waals surface area contributed by atoms with Gasteiger partial charge in [-0.25, -0.2) is 14.8 Å². The molecular formula is C12H14N4O4. The van der Waals surface area contributed by atoms with Crippen LogP contribution in [0.25, 0.3) is 0 Å². The van der Waals surface area contributed by atoms with Gasteiger partial charge in [0, 0.05) is 12.4 Å². The second-order valence-corrected chi connectivity index (χ2v) is 3.79. The highest BCUT2D eigenvalue weighted by Crippen LogP contribution is 2.28. The summed E-state index contributed by atoms with van der Waals surface area (Å²) in [4.78, 5) is 17.2. The van der Waals surface area contributed by atoms with Crippen LogP contribution in [-0.2, 0) is 16.4 Å². The number of nitrogens with one attached hydrogen (secondary N) is 1. The summed E-state index contributed by atoms with van der Waals surface area (Å²) in [7, 11) is 1.40. The average Bonchev–Trinajstić information content (AvgIpc) is 2.47. The number of hydrogen-bond donors (Lipinski definition) is 3. The van der Waals surface area contributed by atoms with Crippen molar-refractivity contribution in [1.29, 1.82) is 0 Å². The second-order valence-electron chi connectivity index (χ2n) is 3.79. The smallest absolute Gasteiger partial charge is 0.148 e. The van der Waals surface area contributed by atoms with E-state index < -0.39 is 0 Å². The van der Waals surface area contributed by atoms with E-state index in [0.717, 1.165) is 0 Å². The van der Waals surface area contributed by atoms with Gasteiger partial charge in [-0.05, 0) is 17.7 Å². The number of aromatic nitrogens is 2. The minimum absolute atomic E-state index is 0.0228. The van der Waals surface area contributed by atoms with Crippen molar-refractivity contribution >= 4 is 17.2 Å². The van der Waals surface area contributed by atoms with Crippen molar-refractivity contribution in [3.63, 3.8) is 0 Å². The van der Waals surface area contributed by atoms with Gasteiger partial charge in [-0.1, -0.05) is 6.07 Å². The van der Waals surface area contributed by atoms with E-state index in [1.54, 1.807) is 18.3 Å². The molecule has 0 radical (unpaired) electrons. The maximum absolute atomic E-state index is 9.27. The van der Waals surface area contributed by atoms with Gasteiger partial charge in [0.15, 0.2) is 0 Å². The van der Waals surface area contributed by atoms with Crippen LogP contribution in [0.3, 0.4) is 0 Å². The lowest BCUT2D eigenvalue weighted by Gasteiger charge is -2.16. The fourth-order valence-electron chi connectivity index (χ4n) is 1.57. The van der Waals surface area contributed by atoms with Crippen LogP contribution in [0.4, 0.5) is 17.2 Å². The van der Waals surface area contributed by atoms with E-state index in [2.05, 4.69) is 20.2 Å². The molecule has 0 atom stereocenters. The maximum atomic E-state index is 9.27. The van der Waals surface area contributed by atoms with Gasteiger partial charge < -0.3 is 5.32 Å². The molecule has 3 N–H and O–H groups in total. The molecule has 0 unspecified atom stereocenters. The molecule has 0 spiro atoms. The normalized spacial score (nSPS) is 10.3. The summed E-state index contributed by atoms with van der Waals surface area (Å²) in [5.41, 5.74) is 1.31. The van der Waals surface area contributed by atoms with Gasteiger partial charge in [0.2, 0.25) is 0 Å². The Bertz CT molecular complexity index is 550. The molecule has 0 aliphatic heterocycles. The molecular weight excluding hydrogens is 264 g/mol. The highest BCUT2D eigenvalue weighted by molar-refractivity contribution is 5.73. The molecule has 2 rings (SSSR count). The second kappa shape index (κ2) is 6.78. The number of benzene rings is 1. The average molecular weight is 278 g/mol. The van der Waals surface area contributed by atoms with E-state index in [1.165, 1.54) is 25.6 Å². The molecule has 2 aromatic rings. The van der Waals surface area contributed by atoms with Gasteiger partial charge in [-0.2, -0.15) is 0 Å². The molecule has 0 bridgehead atoms. The molecule has 106 valence electrons. The van der Waals surface area contributed by atoms with E-state index in [1.807, 2.05) is 0 Å². The summed E-state index contributed by atoms with van der Waals surface area (Å²) in [6.07, 6.45) is 4.59. The standard InChI is InChI=1S/C12H14N4O4/c1-19-20-8-9-2-3-10(11(6-9)16(17)18)15-12-7-13-4-5-14-12/h2-7,17-18H,8H2,1H3,(H,14,15). The van der Waals surface area contributed by atoms with E-state index in [4.69, 9.17) is 4.89 Å². The first-order chi connectivity index (χ1) is 9.70. The number of rotatable bonds is 6. The van der Waals surface area contributed by atoms with Crippen molar-refractivity contribution in [2.24, 2.45) is 0 Å². The Kier molecular flexibility index (Phi) is 4.80. The first-order valence-electron chi connectivity index (χ1n) is 5.70. The summed E-state index contributed by atoms with van der Waals surface area (Å²) in [5, 5.41) is 21.5. The molecule has 1 aromatic heterocycles. The zero-order chi connectivity index (χ0) is 14.4. The fourth-order valence-corrected chi connectivity index (χ4v) is 1.57. The van der Waals surface area contributed by atoms with E-state index in [9.17, 15) is 10.4 Å². The fraction of sp³-hybridized carbons (Fsp3) is 0.167. The lowest BCUT2D eigenvalue weighted by Crippen LogP contribution is -2.13. The summed E-state index contributed by atoms with van der Waals surface area (Å²) >= 11 is 0. The van der Waals surface area contributed by atoms with Crippen molar-refractivity contribution in [2.75, 3.05) is 17.7 Å². The van der Waals surface area contributed by atoms with Gasteiger partial charge >= 0.3 is 0 Å². The van der Waals surface area contributed by atoms with Crippen LogP contribution in [0.5, 0.6) is 0 Å². The number of nitrogens with zero attached hydrogens (tertiary/aromatic N) is 3. The summed E-state index contributed by atoms with van der Waals surface area (Å²) in [6, 6.07) is 4.96. The molecule has 0 aliphatic carbocycles. The Morgan fingerprint density at radius 1 is 1.30 bits per heavy atom. The Hall–Kier alpha value is -2.26. The Labute approximate surface area is 115 Å². The number of hydrogen-bond acceptors (Lipinski definition) is 8. The van der Waals surface area contributed by atoms with Crippen LogP contribution in [0.2, 0.25) is 0 Å². The predicted octanol–water partition coefficient (Wildman–Crippen LogP) is 1.88. The summed E-state index contributed by atoms with van der Waals surface area (Å²) in [5.74, 6) is 0.483. The quantitative estimate of drug-likeness (QED) is 0.544. The topological polar surface area (TPSA) is 100.0 Å². The summed E-state index contributed by atoms with van der Waals surface area (Å²) in [6.45, 7) is 0.183.